The van der Waals surface area contributed by atoms with E-state index in [0.29, 0.717) is 27.0 Å². The van der Waals surface area contributed by atoms with Crippen LogP contribution in [-0.4, -0.2) is 73.7 Å². The number of thioether (sulfide) groups is 2. The van der Waals surface area contributed by atoms with E-state index >= 15 is 0 Å². The smallest absolute Gasteiger partial charge is 0.357 e. The topological polar surface area (TPSA) is 148 Å². The molecule has 2 unspecified atom stereocenters. The summed E-state index contributed by atoms with van der Waals surface area (Å²) in [6.07, 6.45) is -1.44. The molecular weight excluding hydrogens is 564 g/mol. The zero-order chi connectivity index (χ0) is 28.3. The minimum Gasteiger partial charge on any atom is -0.427 e. The van der Waals surface area contributed by atoms with E-state index in [1.165, 1.54) is 39.8 Å². The zero-order valence-electron chi connectivity index (χ0n) is 21.7. The number of carbonyl (C=O) groups is 4. The number of esters is 2. The number of fused-ring (bicyclic) bond motifs is 1. The second-order valence-electron chi connectivity index (χ2n) is 9.77. The maximum absolute atomic E-state index is 13.2. The highest BCUT2D eigenvalue weighted by atomic mass is 32.2. The van der Waals surface area contributed by atoms with Crippen molar-refractivity contribution in [2.45, 2.75) is 49.6 Å². The van der Waals surface area contributed by atoms with Gasteiger partial charge in [-0.1, -0.05) is 53.4 Å². The lowest BCUT2D eigenvalue weighted by Crippen LogP contribution is -2.71. The summed E-state index contributed by atoms with van der Waals surface area (Å²) >= 11 is 4.19. The van der Waals surface area contributed by atoms with E-state index in [0.717, 1.165) is 5.01 Å². The van der Waals surface area contributed by atoms with Crippen LogP contribution in [0.25, 0.3) is 0 Å². The first-order chi connectivity index (χ1) is 18.5. The molecule has 1 fully saturated rings. The Hall–Kier alpha value is -2.94. The maximum atomic E-state index is 13.2. The number of carbonyl (C=O) groups excluding carboxylic acids is 4. The average Bonchev–Trinajstić information content (AvgIpc) is 3.33. The molecule has 2 N–H and O–H groups in total. The number of aliphatic hydroxyl groups is 1. The lowest BCUT2D eigenvalue weighted by Gasteiger charge is -2.49. The molecule has 2 aliphatic rings. The summed E-state index contributed by atoms with van der Waals surface area (Å²) in [5.74, 6) is -1.83. The maximum Gasteiger partial charge on any atom is 0.357 e. The highest BCUT2D eigenvalue weighted by molar-refractivity contribution is 8.01. The molecule has 3 heterocycles. The highest BCUT2D eigenvalue weighted by Crippen LogP contribution is 2.42. The van der Waals surface area contributed by atoms with Crippen LogP contribution in [0.15, 0.2) is 45.9 Å². The van der Waals surface area contributed by atoms with Crippen LogP contribution in [-0.2, 0) is 28.7 Å². The SMILES string of the molecule is Cc1nnc(SCC2=C(C(=O)OCOC(=O)C(C)(C)C)N3C(=O)C(NC(=O)C(O)c4ccccc4)[C@@H]3SC2)s1. The number of ether oxygens (including phenoxy) is 2. The van der Waals surface area contributed by atoms with Crippen molar-refractivity contribution in [3.05, 3.63) is 52.2 Å². The molecule has 0 aliphatic carbocycles. The van der Waals surface area contributed by atoms with Crippen LogP contribution >= 0.6 is 34.9 Å². The minimum absolute atomic E-state index is 0.0541. The van der Waals surface area contributed by atoms with Crippen LogP contribution in [0.5, 0.6) is 0 Å². The fraction of sp³-hybridized carbons (Fsp3) is 0.440. The Morgan fingerprint density at radius 2 is 1.92 bits per heavy atom. The largest absolute Gasteiger partial charge is 0.427 e. The zero-order valence-corrected chi connectivity index (χ0v) is 24.2. The lowest BCUT2D eigenvalue weighted by atomic mass is 9.98. The predicted octanol–water partition coefficient (Wildman–Crippen LogP) is 2.42. The number of rotatable bonds is 9. The van der Waals surface area contributed by atoms with E-state index in [1.54, 1.807) is 51.1 Å². The number of benzene rings is 1. The molecule has 0 spiro atoms. The minimum atomic E-state index is -1.44. The van der Waals surface area contributed by atoms with E-state index in [1.807, 2.05) is 6.92 Å². The van der Waals surface area contributed by atoms with E-state index in [2.05, 4.69) is 15.5 Å². The van der Waals surface area contributed by atoms with Crippen molar-refractivity contribution >= 4 is 58.6 Å². The Morgan fingerprint density at radius 1 is 1.21 bits per heavy atom. The molecule has 14 heteroatoms. The van der Waals surface area contributed by atoms with Gasteiger partial charge >= 0.3 is 11.9 Å². The molecule has 1 aromatic carbocycles. The molecule has 208 valence electrons. The van der Waals surface area contributed by atoms with Crippen molar-refractivity contribution in [2.24, 2.45) is 5.41 Å². The van der Waals surface area contributed by atoms with Crippen molar-refractivity contribution in [1.82, 2.24) is 20.4 Å². The number of β-lactam (4-membered cyclic amide) rings is 1. The van der Waals surface area contributed by atoms with Crippen LogP contribution in [0.4, 0.5) is 0 Å². The van der Waals surface area contributed by atoms with E-state index in [4.69, 9.17) is 9.47 Å². The molecule has 39 heavy (non-hydrogen) atoms. The Balaban J connectivity index is 1.48. The number of aromatic nitrogens is 2. The molecule has 0 saturated carbocycles. The van der Waals surface area contributed by atoms with Crippen molar-refractivity contribution in [3.63, 3.8) is 0 Å². The lowest BCUT2D eigenvalue weighted by molar-refractivity contribution is -0.173. The van der Waals surface area contributed by atoms with Crippen molar-refractivity contribution in [3.8, 4) is 0 Å². The van der Waals surface area contributed by atoms with Gasteiger partial charge in [0, 0.05) is 11.5 Å². The molecule has 1 saturated heterocycles. The molecule has 2 aromatic rings. The van der Waals surface area contributed by atoms with Gasteiger partial charge in [-0.3, -0.25) is 19.3 Å². The Kier molecular flexibility index (Phi) is 8.99. The van der Waals surface area contributed by atoms with Gasteiger partial charge in [-0.05, 0) is 38.8 Å². The van der Waals surface area contributed by atoms with Gasteiger partial charge in [-0.25, -0.2) is 4.79 Å². The third kappa shape index (κ3) is 6.62. The van der Waals surface area contributed by atoms with E-state index < -0.39 is 53.5 Å². The fourth-order valence-corrected chi connectivity index (χ4v) is 7.01. The first kappa shape index (κ1) is 29.1. The number of amides is 2. The van der Waals surface area contributed by atoms with E-state index in [9.17, 15) is 24.3 Å². The summed E-state index contributed by atoms with van der Waals surface area (Å²) in [4.78, 5) is 52.4. The first-order valence-corrected chi connectivity index (χ1v) is 14.8. The van der Waals surface area contributed by atoms with Gasteiger partial charge in [0.05, 0.1) is 5.41 Å². The van der Waals surface area contributed by atoms with Gasteiger partial charge in [0.1, 0.15) is 22.1 Å². The second kappa shape index (κ2) is 12.1. The molecule has 1 aromatic heterocycles. The molecule has 11 nitrogen and oxygen atoms in total. The number of hydrogen-bond donors (Lipinski definition) is 2. The van der Waals surface area contributed by atoms with Crippen molar-refractivity contribution in [2.75, 3.05) is 18.3 Å². The third-order valence-electron chi connectivity index (χ3n) is 5.77. The normalized spacial score (nSPS) is 19.6. The van der Waals surface area contributed by atoms with Crippen LogP contribution in [0.1, 0.15) is 37.4 Å². The number of aryl methyl sites for hydroxylation is 1. The molecule has 2 aliphatic heterocycles. The van der Waals surface area contributed by atoms with Gasteiger partial charge in [0.2, 0.25) is 6.79 Å². The summed E-state index contributed by atoms with van der Waals surface area (Å²) in [5, 5.41) is 21.3. The van der Waals surface area contributed by atoms with Gasteiger partial charge in [-0.15, -0.1) is 22.0 Å². The monoisotopic (exact) mass is 592 g/mol. The van der Waals surface area contributed by atoms with Gasteiger partial charge in [0.25, 0.3) is 11.8 Å². The van der Waals surface area contributed by atoms with Crippen LogP contribution < -0.4 is 5.32 Å². The van der Waals surface area contributed by atoms with Gasteiger partial charge in [0.15, 0.2) is 10.4 Å². The first-order valence-electron chi connectivity index (χ1n) is 11.9. The number of nitrogens with one attached hydrogen (secondary N) is 1. The number of nitrogens with zero attached hydrogens (tertiary/aromatic N) is 3. The van der Waals surface area contributed by atoms with Gasteiger partial charge in [-0.2, -0.15) is 0 Å². The van der Waals surface area contributed by atoms with Crippen molar-refractivity contribution < 1.29 is 33.8 Å². The molecule has 4 rings (SSSR count). The predicted molar refractivity (Wildman–Crippen MR) is 145 cm³/mol. The summed E-state index contributed by atoms with van der Waals surface area (Å²) in [5.41, 5.74) is 0.320. The average molecular weight is 593 g/mol. The Bertz CT molecular complexity index is 1290. The standard InChI is InChI=1S/C25H28N4O7S3/c1-13-27-28-24(39-13)38-11-15-10-37-21-16(26-19(31)18(30)14-8-6-5-7-9-14)20(32)29(21)17(15)22(33)35-12-36-23(34)25(2,3)4/h5-9,16,18,21,30H,10-12H2,1-4H3,(H,26,31)/t16?,18?,21-/m0/s1. The van der Waals surface area contributed by atoms with Crippen LogP contribution in [0.3, 0.4) is 0 Å². The molecular formula is C25H28N4O7S3. The summed E-state index contributed by atoms with van der Waals surface area (Å²) in [7, 11) is 0. The quantitative estimate of drug-likeness (QED) is 0.191. The van der Waals surface area contributed by atoms with Crippen molar-refractivity contribution in [1.29, 1.82) is 0 Å². The van der Waals surface area contributed by atoms with Gasteiger partial charge < -0.3 is 19.9 Å². The summed E-state index contributed by atoms with van der Waals surface area (Å²) < 4.78 is 11.0. The van der Waals surface area contributed by atoms with E-state index in [-0.39, 0.29) is 5.70 Å². The van der Waals surface area contributed by atoms with Crippen LogP contribution in [0.2, 0.25) is 0 Å². The molecule has 0 bridgehead atoms. The highest BCUT2D eigenvalue weighted by Gasteiger charge is 2.54. The molecule has 0 radical (unpaired) electrons. The second-order valence-corrected chi connectivity index (χ2v) is 13.3. The summed E-state index contributed by atoms with van der Waals surface area (Å²) in [6, 6.07) is 7.45. The Labute approximate surface area is 237 Å². The number of hydrogen-bond acceptors (Lipinski definition) is 12. The molecule has 3 atom stereocenters. The molecule has 2 amide bonds. The fourth-order valence-electron chi connectivity index (χ4n) is 3.71. The third-order valence-corrected chi connectivity index (χ3v) is 9.17. The summed E-state index contributed by atoms with van der Waals surface area (Å²) in [6.45, 7) is 6.27. The number of aliphatic hydroxyl groups excluding tert-OH is 1. The Morgan fingerprint density at radius 3 is 2.56 bits per heavy atom. The van der Waals surface area contributed by atoms with Crippen LogP contribution in [0, 0.1) is 12.3 Å².